The number of amides is 1. The first-order chi connectivity index (χ1) is 14.6. The van der Waals surface area contributed by atoms with Gasteiger partial charge in [0.15, 0.2) is 0 Å². The fourth-order valence-electron chi connectivity index (χ4n) is 4.00. The van der Waals surface area contributed by atoms with Crippen molar-refractivity contribution in [3.05, 3.63) is 95.6 Å². The highest BCUT2D eigenvalue weighted by Gasteiger charge is 2.26. The van der Waals surface area contributed by atoms with Crippen LogP contribution in [-0.2, 0) is 20.0 Å². The van der Waals surface area contributed by atoms with Gasteiger partial charge >= 0.3 is 0 Å². The van der Waals surface area contributed by atoms with Gasteiger partial charge in [-0.05, 0) is 60.0 Å². The summed E-state index contributed by atoms with van der Waals surface area (Å²) in [6.45, 7) is 1.23. The van der Waals surface area contributed by atoms with Crippen LogP contribution < -0.4 is 0 Å². The minimum Gasteiger partial charge on any atom is -0.349 e. The number of benzene rings is 2. The Bertz CT molecular complexity index is 1220. The summed E-state index contributed by atoms with van der Waals surface area (Å²) in [5.74, 6) is -0.407. The van der Waals surface area contributed by atoms with Crippen molar-refractivity contribution in [1.82, 2.24) is 19.2 Å². The Hall–Kier alpha value is -3.67. The molecule has 30 heavy (non-hydrogen) atoms. The van der Waals surface area contributed by atoms with Gasteiger partial charge in [0.1, 0.15) is 17.2 Å². The maximum absolute atomic E-state index is 13.5. The molecular weight excluding hydrogens is 379 g/mol. The zero-order valence-corrected chi connectivity index (χ0v) is 16.6. The molecule has 0 saturated carbocycles. The summed E-state index contributed by atoms with van der Waals surface area (Å²) >= 11 is 0. The van der Waals surface area contributed by atoms with Gasteiger partial charge in [0.2, 0.25) is 0 Å². The molecule has 0 saturated heterocycles. The number of hydrogen-bond acceptors (Lipinski definition) is 2. The molecule has 1 aliphatic heterocycles. The molecule has 0 fully saturated rings. The lowest BCUT2D eigenvalue weighted by molar-refractivity contribution is 0.0725. The zero-order chi connectivity index (χ0) is 20.7. The van der Waals surface area contributed by atoms with E-state index in [1.807, 2.05) is 53.0 Å². The summed E-state index contributed by atoms with van der Waals surface area (Å²) in [6.07, 6.45) is 2.77. The van der Waals surface area contributed by atoms with E-state index in [9.17, 15) is 9.18 Å². The van der Waals surface area contributed by atoms with Crippen LogP contribution in [0.2, 0.25) is 0 Å². The average Bonchev–Trinajstić information content (AvgIpc) is 3.39. The first-order valence-electron chi connectivity index (χ1n) is 9.94. The molecule has 1 amide bonds. The van der Waals surface area contributed by atoms with Crippen LogP contribution in [-0.4, -0.2) is 31.7 Å². The van der Waals surface area contributed by atoms with E-state index in [1.165, 1.54) is 23.3 Å². The lowest BCUT2D eigenvalue weighted by Gasteiger charge is -2.29. The minimum atomic E-state index is -0.325. The molecule has 0 atom stereocenters. The van der Waals surface area contributed by atoms with E-state index in [2.05, 4.69) is 12.1 Å². The third-order valence-electron chi connectivity index (χ3n) is 5.62. The van der Waals surface area contributed by atoms with Crippen LogP contribution in [0.25, 0.3) is 17.1 Å². The van der Waals surface area contributed by atoms with Gasteiger partial charge in [-0.15, -0.1) is 0 Å². The highest BCUT2D eigenvalue weighted by atomic mass is 19.1. The third-order valence-corrected chi connectivity index (χ3v) is 5.62. The van der Waals surface area contributed by atoms with Crippen LogP contribution in [0, 0.1) is 5.82 Å². The topological polar surface area (TPSA) is 43.1 Å². The van der Waals surface area contributed by atoms with Gasteiger partial charge in [0.25, 0.3) is 5.91 Å². The summed E-state index contributed by atoms with van der Waals surface area (Å²) in [5, 5.41) is 4.70. The Morgan fingerprint density at radius 2 is 1.77 bits per heavy atom. The van der Waals surface area contributed by atoms with Gasteiger partial charge in [-0.1, -0.05) is 24.3 Å². The molecular formula is C24H21FN4O. The van der Waals surface area contributed by atoms with Crippen molar-refractivity contribution < 1.29 is 9.18 Å². The standard InChI is InChI=1S/C24H21FN4O/c1-27-13-4-7-22(27)21-15-23(29(26-21)20-10-8-19(25)9-11-20)24(30)28-14-12-17-5-2-3-6-18(17)16-28/h2-11,13,15H,12,14,16H2,1H3. The van der Waals surface area contributed by atoms with Gasteiger partial charge in [0.05, 0.1) is 11.4 Å². The average molecular weight is 400 g/mol. The summed E-state index contributed by atoms with van der Waals surface area (Å²) < 4.78 is 17.0. The number of halogens is 1. The number of nitrogens with zero attached hydrogens (tertiary/aromatic N) is 4. The fraction of sp³-hybridized carbons (Fsp3) is 0.167. The van der Waals surface area contributed by atoms with Gasteiger partial charge in [-0.25, -0.2) is 9.07 Å². The van der Waals surface area contributed by atoms with Crippen molar-refractivity contribution in [3.8, 4) is 17.1 Å². The molecule has 5 rings (SSSR count). The molecule has 6 heteroatoms. The quantitative estimate of drug-likeness (QED) is 0.517. The number of aryl methyl sites for hydroxylation is 1. The van der Waals surface area contributed by atoms with Crippen molar-refractivity contribution in [1.29, 1.82) is 0 Å². The normalized spacial score (nSPS) is 13.3. The van der Waals surface area contributed by atoms with Crippen molar-refractivity contribution in [2.24, 2.45) is 7.05 Å². The highest BCUT2D eigenvalue weighted by molar-refractivity contribution is 5.94. The largest absolute Gasteiger partial charge is 0.349 e. The Morgan fingerprint density at radius 3 is 2.50 bits per heavy atom. The van der Waals surface area contributed by atoms with Crippen molar-refractivity contribution in [2.45, 2.75) is 13.0 Å². The van der Waals surface area contributed by atoms with Crippen LogP contribution in [0.1, 0.15) is 21.6 Å². The Morgan fingerprint density at radius 1 is 1.00 bits per heavy atom. The van der Waals surface area contributed by atoms with Crippen molar-refractivity contribution in [3.63, 3.8) is 0 Å². The molecule has 0 spiro atoms. The SMILES string of the molecule is Cn1cccc1-c1cc(C(=O)N2CCc3ccccc3C2)n(-c2ccc(F)cc2)n1. The first kappa shape index (κ1) is 18.4. The van der Waals surface area contributed by atoms with Crippen molar-refractivity contribution in [2.75, 3.05) is 6.54 Å². The van der Waals surface area contributed by atoms with Crippen molar-refractivity contribution >= 4 is 5.91 Å². The molecule has 0 radical (unpaired) electrons. The predicted molar refractivity (Wildman–Crippen MR) is 113 cm³/mol. The monoisotopic (exact) mass is 400 g/mol. The molecule has 0 aliphatic carbocycles. The van der Waals surface area contributed by atoms with E-state index >= 15 is 0 Å². The van der Waals surface area contributed by atoms with Gasteiger partial charge < -0.3 is 9.47 Å². The van der Waals surface area contributed by atoms with Crippen LogP contribution in [0.4, 0.5) is 4.39 Å². The molecule has 0 N–H and O–H groups in total. The number of hydrogen-bond donors (Lipinski definition) is 0. The Labute approximate surface area is 174 Å². The Balaban J connectivity index is 1.56. The second-order valence-corrected chi connectivity index (χ2v) is 7.55. The molecule has 2 aromatic heterocycles. The predicted octanol–water partition coefficient (Wildman–Crippen LogP) is 4.22. The molecule has 150 valence electrons. The van der Waals surface area contributed by atoms with Crippen LogP contribution >= 0.6 is 0 Å². The number of aromatic nitrogens is 3. The molecule has 4 aromatic rings. The Kier molecular flexibility index (Phi) is 4.47. The molecule has 0 unspecified atom stereocenters. The lowest BCUT2D eigenvalue weighted by Crippen LogP contribution is -2.37. The first-order valence-corrected chi connectivity index (χ1v) is 9.94. The van der Waals surface area contributed by atoms with E-state index in [0.29, 0.717) is 30.2 Å². The minimum absolute atomic E-state index is 0.0817. The molecule has 2 aromatic carbocycles. The second kappa shape index (κ2) is 7.30. The molecule has 1 aliphatic rings. The van der Waals surface area contributed by atoms with E-state index in [1.54, 1.807) is 16.8 Å². The second-order valence-electron chi connectivity index (χ2n) is 7.55. The fourth-order valence-corrected chi connectivity index (χ4v) is 4.00. The molecule has 3 heterocycles. The van der Waals surface area contributed by atoms with Crippen LogP contribution in [0.15, 0.2) is 72.9 Å². The number of carbonyl (C=O) groups is 1. The van der Waals surface area contributed by atoms with Gasteiger partial charge in [0, 0.05) is 26.3 Å². The summed E-state index contributed by atoms with van der Waals surface area (Å²) in [7, 11) is 1.94. The highest BCUT2D eigenvalue weighted by Crippen LogP contribution is 2.25. The van der Waals surface area contributed by atoms with Crippen LogP contribution in [0.3, 0.4) is 0 Å². The maximum Gasteiger partial charge on any atom is 0.272 e. The van der Waals surface area contributed by atoms with Gasteiger partial charge in [-0.3, -0.25) is 4.79 Å². The number of carbonyl (C=O) groups excluding carboxylic acids is 1. The summed E-state index contributed by atoms with van der Waals surface area (Å²) in [4.78, 5) is 15.4. The zero-order valence-electron chi connectivity index (χ0n) is 16.6. The third kappa shape index (κ3) is 3.20. The summed E-state index contributed by atoms with van der Waals surface area (Å²) in [5.41, 5.74) is 5.20. The molecule has 5 nitrogen and oxygen atoms in total. The number of rotatable bonds is 3. The van der Waals surface area contributed by atoms with E-state index in [0.717, 1.165) is 12.1 Å². The maximum atomic E-state index is 13.5. The van der Waals surface area contributed by atoms with E-state index in [-0.39, 0.29) is 11.7 Å². The van der Waals surface area contributed by atoms with Crippen LogP contribution in [0.5, 0.6) is 0 Å². The number of fused-ring (bicyclic) bond motifs is 1. The lowest BCUT2D eigenvalue weighted by atomic mass is 10.00. The smallest absolute Gasteiger partial charge is 0.272 e. The summed E-state index contributed by atoms with van der Waals surface area (Å²) in [6, 6.07) is 20.0. The van der Waals surface area contributed by atoms with E-state index in [4.69, 9.17) is 5.10 Å². The van der Waals surface area contributed by atoms with E-state index < -0.39 is 0 Å². The molecule has 0 bridgehead atoms. The van der Waals surface area contributed by atoms with Gasteiger partial charge in [-0.2, -0.15) is 5.10 Å².